The van der Waals surface area contributed by atoms with Crippen LogP contribution in [0.1, 0.15) is 17.2 Å². The number of imidazole rings is 1. The van der Waals surface area contributed by atoms with Gasteiger partial charge in [0.1, 0.15) is 11.6 Å². The van der Waals surface area contributed by atoms with Gasteiger partial charge in [-0.05, 0) is 48.0 Å². The molecule has 170 valence electrons. The minimum atomic E-state index is -0.949. The smallest absolute Gasteiger partial charge is 0.302 e. The number of hydrogen-bond acceptors (Lipinski definition) is 6. The van der Waals surface area contributed by atoms with Crippen molar-refractivity contribution < 1.29 is 19.1 Å². The van der Waals surface area contributed by atoms with Crippen molar-refractivity contribution in [3.8, 4) is 0 Å². The van der Waals surface area contributed by atoms with Gasteiger partial charge in [0.15, 0.2) is 0 Å². The van der Waals surface area contributed by atoms with Crippen LogP contribution < -0.4 is 9.80 Å². The van der Waals surface area contributed by atoms with E-state index in [1.54, 1.807) is 24.3 Å². The highest BCUT2D eigenvalue weighted by atomic mass is 19.1. The minimum absolute atomic E-state index is 0.0690. The second-order valence-corrected chi connectivity index (χ2v) is 8.11. The SMILES string of the molecule is CN(C)c1ccc(C2/C(=C(\O)c3ccncc3)C(=O)C(=O)N2c2nc3ccc(F)cc3[nH]2)cc1. The molecule has 4 aromatic rings. The Morgan fingerprint density at radius 2 is 1.76 bits per heavy atom. The molecule has 8 nitrogen and oxygen atoms in total. The lowest BCUT2D eigenvalue weighted by Gasteiger charge is -2.23. The summed E-state index contributed by atoms with van der Waals surface area (Å²) >= 11 is 0. The van der Waals surface area contributed by atoms with Crippen molar-refractivity contribution in [1.82, 2.24) is 15.0 Å². The van der Waals surface area contributed by atoms with E-state index in [0.717, 1.165) is 5.69 Å². The van der Waals surface area contributed by atoms with Crippen LogP contribution in [0.2, 0.25) is 0 Å². The monoisotopic (exact) mass is 457 g/mol. The van der Waals surface area contributed by atoms with Gasteiger partial charge < -0.3 is 15.0 Å². The van der Waals surface area contributed by atoms with Crippen molar-refractivity contribution in [2.45, 2.75) is 6.04 Å². The maximum Gasteiger partial charge on any atom is 0.302 e. The largest absolute Gasteiger partial charge is 0.507 e. The molecule has 9 heteroatoms. The predicted octanol–water partition coefficient (Wildman–Crippen LogP) is 3.79. The van der Waals surface area contributed by atoms with Gasteiger partial charge in [-0.25, -0.2) is 9.37 Å². The molecule has 1 unspecified atom stereocenters. The highest BCUT2D eigenvalue weighted by Crippen LogP contribution is 2.42. The molecule has 0 saturated carbocycles. The number of nitrogens with zero attached hydrogens (tertiary/aromatic N) is 4. The lowest BCUT2D eigenvalue weighted by molar-refractivity contribution is -0.132. The van der Waals surface area contributed by atoms with E-state index in [2.05, 4.69) is 15.0 Å². The fraction of sp³-hybridized carbons (Fsp3) is 0.120. The van der Waals surface area contributed by atoms with Gasteiger partial charge in [-0.3, -0.25) is 19.5 Å². The number of anilines is 2. The molecule has 2 aromatic carbocycles. The van der Waals surface area contributed by atoms with Crippen molar-refractivity contribution in [2.75, 3.05) is 23.9 Å². The number of aliphatic hydroxyl groups excluding tert-OH is 1. The number of ketones is 1. The zero-order valence-corrected chi connectivity index (χ0v) is 18.4. The lowest BCUT2D eigenvalue weighted by atomic mass is 9.95. The van der Waals surface area contributed by atoms with Gasteiger partial charge in [0.05, 0.1) is 22.6 Å². The van der Waals surface area contributed by atoms with Crippen LogP contribution in [0.3, 0.4) is 0 Å². The van der Waals surface area contributed by atoms with Crippen LogP contribution in [-0.2, 0) is 9.59 Å². The van der Waals surface area contributed by atoms with Crippen LogP contribution in [0, 0.1) is 5.82 Å². The number of pyridine rings is 1. The summed E-state index contributed by atoms with van der Waals surface area (Å²) in [6.07, 6.45) is 2.97. The van der Waals surface area contributed by atoms with Gasteiger partial charge in [-0.15, -0.1) is 0 Å². The van der Waals surface area contributed by atoms with Crippen LogP contribution in [0.5, 0.6) is 0 Å². The fourth-order valence-electron chi connectivity index (χ4n) is 4.07. The molecule has 34 heavy (non-hydrogen) atoms. The van der Waals surface area contributed by atoms with Gasteiger partial charge in [0, 0.05) is 37.7 Å². The number of aliphatic hydroxyl groups is 1. The molecule has 2 N–H and O–H groups in total. The second-order valence-electron chi connectivity index (χ2n) is 8.11. The molecule has 1 fully saturated rings. The molecule has 1 amide bonds. The maximum absolute atomic E-state index is 13.7. The number of benzene rings is 2. The van der Waals surface area contributed by atoms with Crippen molar-refractivity contribution in [3.05, 3.63) is 89.5 Å². The number of carbonyl (C=O) groups is 2. The summed E-state index contributed by atoms with van der Waals surface area (Å²) in [5.74, 6) is -2.39. The molecule has 1 aliphatic heterocycles. The van der Waals surface area contributed by atoms with Crippen molar-refractivity contribution in [1.29, 1.82) is 0 Å². The number of hydrogen-bond donors (Lipinski definition) is 2. The Labute approximate surface area is 194 Å². The van der Waals surface area contributed by atoms with Gasteiger partial charge in [0.25, 0.3) is 5.78 Å². The summed E-state index contributed by atoms with van der Waals surface area (Å²) in [6.45, 7) is 0. The van der Waals surface area contributed by atoms with E-state index in [4.69, 9.17) is 0 Å². The van der Waals surface area contributed by atoms with E-state index >= 15 is 0 Å². The van der Waals surface area contributed by atoms with Crippen molar-refractivity contribution >= 4 is 40.1 Å². The predicted molar refractivity (Wildman–Crippen MR) is 126 cm³/mol. The highest BCUT2D eigenvalue weighted by molar-refractivity contribution is 6.51. The topological polar surface area (TPSA) is 102 Å². The molecule has 0 spiro atoms. The van der Waals surface area contributed by atoms with Crippen LogP contribution in [0.15, 0.2) is 72.6 Å². The molecule has 3 heterocycles. The number of nitrogens with one attached hydrogen (secondary N) is 1. The zero-order chi connectivity index (χ0) is 24.0. The molecular formula is C25H20FN5O3. The van der Waals surface area contributed by atoms with Gasteiger partial charge in [-0.2, -0.15) is 0 Å². The molecule has 0 radical (unpaired) electrons. The summed E-state index contributed by atoms with van der Waals surface area (Å²) in [6, 6.07) is 13.5. The van der Waals surface area contributed by atoms with Gasteiger partial charge in [0.2, 0.25) is 5.95 Å². The summed E-state index contributed by atoms with van der Waals surface area (Å²) < 4.78 is 13.7. The number of H-pyrrole nitrogens is 1. The van der Waals surface area contributed by atoms with Crippen LogP contribution >= 0.6 is 0 Å². The molecule has 1 aliphatic rings. The Hall–Kier alpha value is -4.53. The molecule has 0 bridgehead atoms. The molecular weight excluding hydrogens is 437 g/mol. The molecule has 1 saturated heterocycles. The summed E-state index contributed by atoms with van der Waals surface area (Å²) in [5, 5.41) is 11.1. The quantitative estimate of drug-likeness (QED) is 0.275. The number of rotatable bonds is 4. The van der Waals surface area contributed by atoms with E-state index in [1.807, 2.05) is 31.1 Å². The number of aromatic amines is 1. The van der Waals surface area contributed by atoms with Crippen LogP contribution in [0.4, 0.5) is 16.0 Å². The highest BCUT2D eigenvalue weighted by Gasteiger charge is 2.48. The first-order valence-electron chi connectivity index (χ1n) is 10.5. The maximum atomic E-state index is 13.7. The van der Waals surface area contributed by atoms with E-state index in [9.17, 15) is 19.1 Å². The fourth-order valence-corrected chi connectivity index (χ4v) is 4.07. The Balaban J connectivity index is 1.72. The summed E-state index contributed by atoms with van der Waals surface area (Å²) in [7, 11) is 3.80. The number of fused-ring (bicyclic) bond motifs is 1. The van der Waals surface area contributed by atoms with Gasteiger partial charge in [-0.1, -0.05) is 12.1 Å². The van der Waals surface area contributed by atoms with Crippen LogP contribution in [-0.4, -0.2) is 45.8 Å². The molecule has 0 aliphatic carbocycles. The second kappa shape index (κ2) is 8.11. The molecule has 2 aromatic heterocycles. The Morgan fingerprint density at radius 3 is 2.44 bits per heavy atom. The lowest BCUT2D eigenvalue weighted by Crippen LogP contribution is -2.30. The van der Waals surface area contributed by atoms with Crippen LogP contribution in [0.25, 0.3) is 16.8 Å². The first-order chi connectivity index (χ1) is 16.3. The van der Waals surface area contributed by atoms with E-state index in [-0.39, 0.29) is 17.3 Å². The first-order valence-corrected chi connectivity index (χ1v) is 10.5. The average Bonchev–Trinajstić information content (AvgIpc) is 3.37. The number of halogens is 1. The molecule has 5 rings (SSSR count). The molecule has 1 atom stereocenters. The van der Waals surface area contributed by atoms with Gasteiger partial charge >= 0.3 is 5.91 Å². The average molecular weight is 457 g/mol. The van der Waals surface area contributed by atoms with E-state index in [1.165, 1.54) is 35.5 Å². The standard InChI is InChI=1S/C25H20FN5O3/c1-30(2)17-6-3-14(4-7-17)21-20(22(32)15-9-11-27-12-10-15)23(33)24(34)31(21)25-28-18-8-5-16(26)13-19(18)29-25/h3-13,21,32H,1-2H3,(H,28,29)/b22-20+. The number of Topliss-reactive ketones (excluding diaryl/α,β-unsaturated/α-hetero) is 1. The Morgan fingerprint density at radius 1 is 1.06 bits per heavy atom. The number of aromatic nitrogens is 3. The Bertz CT molecular complexity index is 1440. The van der Waals surface area contributed by atoms with E-state index < -0.39 is 23.5 Å². The minimum Gasteiger partial charge on any atom is -0.507 e. The normalized spacial score (nSPS) is 17.5. The summed E-state index contributed by atoms with van der Waals surface area (Å²) in [5.41, 5.74) is 2.64. The summed E-state index contributed by atoms with van der Waals surface area (Å²) in [4.78, 5) is 40.9. The van der Waals surface area contributed by atoms with Crippen molar-refractivity contribution in [2.24, 2.45) is 0 Å². The number of amides is 1. The third-order valence-corrected chi connectivity index (χ3v) is 5.78. The zero-order valence-electron chi connectivity index (χ0n) is 18.4. The third-order valence-electron chi connectivity index (χ3n) is 5.78. The first kappa shape index (κ1) is 21.3. The Kier molecular flexibility index (Phi) is 5.09. The third kappa shape index (κ3) is 3.47. The van der Waals surface area contributed by atoms with Crippen molar-refractivity contribution in [3.63, 3.8) is 0 Å². The van der Waals surface area contributed by atoms with E-state index in [0.29, 0.717) is 22.2 Å². The number of carbonyl (C=O) groups excluding carboxylic acids is 2.